The highest BCUT2D eigenvalue weighted by Gasteiger charge is 2.17. The molecule has 0 fully saturated rings. The molecule has 0 unspecified atom stereocenters. The maximum absolute atomic E-state index is 13.1. The van der Waals surface area contributed by atoms with Crippen LogP contribution in [0.15, 0.2) is 47.4 Å². The van der Waals surface area contributed by atoms with E-state index in [0.29, 0.717) is 11.6 Å². The number of benzene rings is 2. The zero-order chi connectivity index (χ0) is 17.2. The summed E-state index contributed by atoms with van der Waals surface area (Å²) in [5.74, 6) is -2.21. The second kappa shape index (κ2) is 6.33. The summed E-state index contributed by atoms with van der Waals surface area (Å²) in [6.45, 7) is 0. The fourth-order valence-corrected chi connectivity index (χ4v) is 2.94. The summed E-state index contributed by atoms with van der Waals surface area (Å²) < 4.78 is 52.7. The Kier molecular flexibility index (Phi) is 4.65. The van der Waals surface area contributed by atoms with Crippen LogP contribution in [0.25, 0.3) is 0 Å². The second-order valence-corrected chi connectivity index (χ2v) is 6.67. The molecule has 0 heterocycles. The summed E-state index contributed by atoms with van der Waals surface area (Å²) in [5.41, 5.74) is 0.555. The van der Waals surface area contributed by atoms with Gasteiger partial charge in [0.15, 0.2) is 0 Å². The molecule has 1 amide bonds. The first-order chi connectivity index (χ1) is 10.7. The van der Waals surface area contributed by atoms with Gasteiger partial charge in [0.05, 0.1) is 4.90 Å². The predicted molar refractivity (Wildman–Crippen MR) is 81.6 cm³/mol. The monoisotopic (exact) mass is 340 g/mol. The van der Waals surface area contributed by atoms with Crippen molar-refractivity contribution in [2.45, 2.75) is 4.90 Å². The fraction of sp³-hybridized carbons (Fsp3) is 0.133. The van der Waals surface area contributed by atoms with Gasteiger partial charge in [-0.05, 0) is 36.4 Å². The van der Waals surface area contributed by atoms with E-state index in [1.165, 1.54) is 29.2 Å². The first-order valence-corrected chi connectivity index (χ1v) is 7.98. The minimum absolute atomic E-state index is 0.171. The average Bonchev–Trinajstić information content (AvgIpc) is 2.46. The van der Waals surface area contributed by atoms with Gasteiger partial charge in [0.2, 0.25) is 0 Å². The molecule has 5 nitrogen and oxygen atoms in total. The molecule has 2 rings (SSSR count). The average molecular weight is 340 g/mol. The van der Waals surface area contributed by atoms with Crippen LogP contribution in [0.4, 0.5) is 14.5 Å². The number of carbonyl (C=O) groups excluding carboxylic acids is 1. The lowest BCUT2D eigenvalue weighted by atomic mass is 10.2. The molecule has 0 atom stereocenters. The summed E-state index contributed by atoms with van der Waals surface area (Å²) in [7, 11) is -0.944. The van der Waals surface area contributed by atoms with Crippen molar-refractivity contribution in [3.8, 4) is 0 Å². The van der Waals surface area contributed by atoms with Crippen LogP contribution in [0.5, 0.6) is 0 Å². The van der Waals surface area contributed by atoms with Gasteiger partial charge in [-0.25, -0.2) is 17.2 Å². The standard InChI is InChI=1S/C15H14F2N2O3S/c1-19(2)15(20)10-3-5-13(6-4-10)18-23(21,22)14-8-11(16)7-12(17)9-14/h3-9,18H,1-2H3. The largest absolute Gasteiger partial charge is 0.345 e. The lowest BCUT2D eigenvalue weighted by molar-refractivity contribution is 0.0827. The number of nitrogens with zero attached hydrogens (tertiary/aromatic N) is 1. The van der Waals surface area contributed by atoms with E-state index in [4.69, 9.17) is 0 Å². The van der Waals surface area contributed by atoms with Crippen LogP contribution >= 0.6 is 0 Å². The van der Waals surface area contributed by atoms with Crippen molar-refractivity contribution < 1.29 is 22.0 Å². The third kappa shape index (κ3) is 4.04. The minimum Gasteiger partial charge on any atom is -0.345 e. The summed E-state index contributed by atoms with van der Waals surface area (Å²) in [6, 6.07) is 7.71. The summed E-state index contributed by atoms with van der Waals surface area (Å²) in [4.78, 5) is 12.6. The Morgan fingerprint density at radius 1 is 1.00 bits per heavy atom. The highest BCUT2D eigenvalue weighted by Crippen LogP contribution is 2.19. The Labute approximate surface area is 132 Å². The predicted octanol–water partition coefficient (Wildman–Crippen LogP) is 2.47. The zero-order valence-corrected chi connectivity index (χ0v) is 13.2. The third-order valence-corrected chi connectivity index (χ3v) is 4.30. The number of rotatable bonds is 4. The van der Waals surface area contributed by atoms with Gasteiger partial charge in [0.25, 0.3) is 15.9 Å². The Balaban J connectivity index is 2.25. The topological polar surface area (TPSA) is 66.5 Å². The first kappa shape index (κ1) is 16.9. The second-order valence-electron chi connectivity index (χ2n) is 4.99. The fourth-order valence-electron chi connectivity index (χ4n) is 1.84. The van der Waals surface area contributed by atoms with Crippen molar-refractivity contribution in [1.82, 2.24) is 4.90 Å². The van der Waals surface area contributed by atoms with E-state index in [0.717, 1.165) is 12.1 Å². The van der Waals surface area contributed by atoms with Gasteiger partial charge in [-0.1, -0.05) is 0 Å². The minimum atomic E-state index is -4.13. The smallest absolute Gasteiger partial charge is 0.262 e. The van der Waals surface area contributed by atoms with Crippen molar-refractivity contribution in [1.29, 1.82) is 0 Å². The molecule has 8 heteroatoms. The van der Waals surface area contributed by atoms with Crippen LogP contribution in [0, 0.1) is 11.6 Å². The molecule has 0 saturated carbocycles. The molecule has 2 aromatic carbocycles. The Bertz CT molecular complexity index is 814. The van der Waals surface area contributed by atoms with Crippen molar-refractivity contribution in [2.75, 3.05) is 18.8 Å². The quantitative estimate of drug-likeness (QED) is 0.930. The molecule has 0 spiro atoms. The Morgan fingerprint density at radius 3 is 2.00 bits per heavy atom. The van der Waals surface area contributed by atoms with E-state index < -0.39 is 26.6 Å². The molecule has 0 aliphatic rings. The van der Waals surface area contributed by atoms with Crippen molar-refractivity contribution in [2.24, 2.45) is 0 Å². The third-order valence-electron chi connectivity index (χ3n) is 2.94. The van der Waals surface area contributed by atoms with Gasteiger partial charge >= 0.3 is 0 Å². The van der Waals surface area contributed by atoms with Gasteiger partial charge in [-0.15, -0.1) is 0 Å². The molecule has 1 N–H and O–H groups in total. The first-order valence-electron chi connectivity index (χ1n) is 6.50. The van der Waals surface area contributed by atoms with Crippen LogP contribution in [-0.4, -0.2) is 33.3 Å². The summed E-state index contributed by atoms with van der Waals surface area (Å²) in [6.07, 6.45) is 0. The molecule has 2 aromatic rings. The van der Waals surface area contributed by atoms with E-state index in [-0.39, 0.29) is 11.6 Å². The van der Waals surface area contributed by atoms with Gasteiger partial charge in [-0.2, -0.15) is 0 Å². The maximum atomic E-state index is 13.1. The number of amides is 1. The number of carbonyl (C=O) groups is 1. The molecular formula is C15H14F2N2O3S. The van der Waals surface area contributed by atoms with E-state index in [1.54, 1.807) is 14.1 Å². The lowest BCUT2D eigenvalue weighted by Crippen LogP contribution is -2.21. The van der Waals surface area contributed by atoms with Crippen molar-refractivity contribution in [3.63, 3.8) is 0 Å². The SMILES string of the molecule is CN(C)C(=O)c1ccc(NS(=O)(=O)c2cc(F)cc(F)c2)cc1. The number of hydrogen-bond acceptors (Lipinski definition) is 3. The van der Waals surface area contributed by atoms with Gasteiger partial charge in [-0.3, -0.25) is 9.52 Å². The van der Waals surface area contributed by atoms with Crippen molar-refractivity contribution in [3.05, 3.63) is 59.7 Å². The van der Waals surface area contributed by atoms with E-state index in [9.17, 15) is 22.0 Å². The lowest BCUT2D eigenvalue weighted by Gasteiger charge is -2.11. The molecule has 23 heavy (non-hydrogen) atoms. The molecule has 122 valence electrons. The van der Waals surface area contributed by atoms with Crippen LogP contribution in [-0.2, 0) is 10.0 Å². The zero-order valence-electron chi connectivity index (χ0n) is 12.4. The Morgan fingerprint density at radius 2 is 1.52 bits per heavy atom. The van der Waals surface area contributed by atoms with Gasteiger partial charge in [0, 0.05) is 31.4 Å². The normalized spacial score (nSPS) is 11.1. The number of anilines is 1. The number of halogens is 2. The highest BCUT2D eigenvalue weighted by molar-refractivity contribution is 7.92. The van der Waals surface area contributed by atoms with E-state index in [1.807, 2.05) is 0 Å². The molecule has 0 radical (unpaired) electrons. The summed E-state index contributed by atoms with van der Waals surface area (Å²) >= 11 is 0. The Hall–Kier alpha value is -2.48. The van der Waals surface area contributed by atoms with E-state index in [2.05, 4.69) is 4.72 Å². The van der Waals surface area contributed by atoms with Crippen LogP contribution in [0.3, 0.4) is 0 Å². The van der Waals surface area contributed by atoms with E-state index >= 15 is 0 Å². The number of sulfonamides is 1. The van der Waals surface area contributed by atoms with Crippen molar-refractivity contribution >= 4 is 21.6 Å². The molecule has 0 aliphatic carbocycles. The van der Waals surface area contributed by atoms with Gasteiger partial charge in [0.1, 0.15) is 11.6 Å². The molecule has 0 bridgehead atoms. The molecular weight excluding hydrogens is 326 g/mol. The number of nitrogens with one attached hydrogen (secondary N) is 1. The van der Waals surface area contributed by atoms with Gasteiger partial charge < -0.3 is 4.90 Å². The summed E-state index contributed by atoms with van der Waals surface area (Å²) in [5, 5.41) is 0. The van der Waals surface area contributed by atoms with Crippen LogP contribution in [0.2, 0.25) is 0 Å². The maximum Gasteiger partial charge on any atom is 0.262 e. The molecule has 0 saturated heterocycles. The molecule has 0 aliphatic heterocycles. The van der Waals surface area contributed by atoms with Crippen LogP contribution in [0.1, 0.15) is 10.4 Å². The number of hydrogen-bond donors (Lipinski definition) is 1. The molecule has 0 aromatic heterocycles. The van der Waals surface area contributed by atoms with Crippen LogP contribution < -0.4 is 4.72 Å². The highest BCUT2D eigenvalue weighted by atomic mass is 32.2.